The number of ether oxygens (including phenoxy) is 4. The highest BCUT2D eigenvalue weighted by Gasteiger charge is 2.12. The molecule has 27 heavy (non-hydrogen) atoms. The van der Waals surface area contributed by atoms with Gasteiger partial charge >= 0.3 is 5.97 Å². The van der Waals surface area contributed by atoms with E-state index in [-0.39, 0.29) is 5.97 Å². The van der Waals surface area contributed by atoms with Gasteiger partial charge in [-0.1, -0.05) is 30.3 Å². The van der Waals surface area contributed by atoms with Crippen LogP contribution in [0.15, 0.2) is 42.5 Å². The largest absolute Gasteiger partial charge is 0.496 e. The minimum Gasteiger partial charge on any atom is -0.496 e. The normalized spacial score (nSPS) is 10.1. The fourth-order valence-corrected chi connectivity index (χ4v) is 2.49. The number of esters is 1. The van der Waals surface area contributed by atoms with Gasteiger partial charge in [0, 0.05) is 18.6 Å². The molecule has 0 N–H and O–H groups in total. The van der Waals surface area contributed by atoms with Crippen molar-refractivity contribution in [3.63, 3.8) is 0 Å². The first kappa shape index (κ1) is 20.3. The standard InChI is InChI=1S/C21H24O6/c1-24-19-12-17(13-20(25-2)18(19)14-22)26-11-7-6-10-21(23)27-15-16-8-4-3-5-9-16/h3-5,8-9,12-14H,6-7,10-11,15H2,1-2H3. The van der Waals surface area contributed by atoms with Gasteiger partial charge in [-0.15, -0.1) is 0 Å². The minimum absolute atomic E-state index is 0.225. The lowest BCUT2D eigenvalue weighted by Crippen LogP contribution is -2.06. The maximum Gasteiger partial charge on any atom is 0.306 e. The Bertz CT molecular complexity index is 717. The molecule has 0 atom stereocenters. The highest BCUT2D eigenvalue weighted by molar-refractivity contribution is 5.84. The quantitative estimate of drug-likeness (QED) is 0.339. The zero-order chi connectivity index (χ0) is 19.5. The molecule has 2 rings (SSSR count). The lowest BCUT2D eigenvalue weighted by Gasteiger charge is -2.12. The highest BCUT2D eigenvalue weighted by atomic mass is 16.5. The monoisotopic (exact) mass is 372 g/mol. The van der Waals surface area contributed by atoms with Crippen molar-refractivity contribution in [3.05, 3.63) is 53.6 Å². The first-order chi connectivity index (χ1) is 13.2. The molecule has 6 nitrogen and oxygen atoms in total. The number of benzene rings is 2. The van der Waals surface area contributed by atoms with Gasteiger partial charge in [0.25, 0.3) is 0 Å². The number of hydrogen-bond donors (Lipinski definition) is 0. The van der Waals surface area contributed by atoms with E-state index in [0.717, 1.165) is 5.56 Å². The van der Waals surface area contributed by atoms with Gasteiger partial charge < -0.3 is 18.9 Å². The Morgan fingerprint density at radius 2 is 1.67 bits per heavy atom. The summed E-state index contributed by atoms with van der Waals surface area (Å²) >= 11 is 0. The zero-order valence-electron chi connectivity index (χ0n) is 15.6. The van der Waals surface area contributed by atoms with Gasteiger partial charge in [0.15, 0.2) is 6.29 Å². The van der Waals surface area contributed by atoms with Crippen LogP contribution in [-0.4, -0.2) is 33.1 Å². The summed E-state index contributed by atoms with van der Waals surface area (Å²) in [7, 11) is 2.96. The molecule has 0 spiro atoms. The van der Waals surface area contributed by atoms with Gasteiger partial charge in [0.2, 0.25) is 0 Å². The van der Waals surface area contributed by atoms with Crippen molar-refractivity contribution in [2.45, 2.75) is 25.9 Å². The Balaban J connectivity index is 1.72. The third-order valence-electron chi connectivity index (χ3n) is 3.92. The van der Waals surface area contributed by atoms with Crippen LogP contribution in [0.4, 0.5) is 0 Å². The second-order valence-corrected chi connectivity index (χ2v) is 5.81. The van der Waals surface area contributed by atoms with Gasteiger partial charge in [-0.05, 0) is 18.4 Å². The summed E-state index contributed by atoms with van der Waals surface area (Å²) in [6.45, 7) is 0.720. The maximum absolute atomic E-state index is 11.8. The van der Waals surface area contributed by atoms with Crippen LogP contribution in [-0.2, 0) is 16.1 Å². The van der Waals surface area contributed by atoms with Crippen LogP contribution >= 0.6 is 0 Å². The van der Waals surface area contributed by atoms with E-state index in [1.807, 2.05) is 30.3 Å². The van der Waals surface area contributed by atoms with Crippen LogP contribution in [0.5, 0.6) is 17.2 Å². The summed E-state index contributed by atoms with van der Waals surface area (Å²) < 4.78 is 21.3. The molecular formula is C21H24O6. The average molecular weight is 372 g/mol. The van der Waals surface area contributed by atoms with Gasteiger partial charge in [-0.2, -0.15) is 0 Å². The number of hydrogen-bond acceptors (Lipinski definition) is 6. The van der Waals surface area contributed by atoms with Gasteiger partial charge in [-0.25, -0.2) is 0 Å². The predicted molar refractivity (Wildman–Crippen MR) is 101 cm³/mol. The van der Waals surface area contributed by atoms with Crippen molar-refractivity contribution in [1.29, 1.82) is 0 Å². The molecular weight excluding hydrogens is 348 g/mol. The Kier molecular flexibility index (Phi) is 8.16. The number of rotatable bonds is 11. The summed E-state index contributed by atoms with van der Waals surface area (Å²) in [4.78, 5) is 22.9. The van der Waals surface area contributed by atoms with Gasteiger partial charge in [-0.3, -0.25) is 9.59 Å². The maximum atomic E-state index is 11.8. The van der Waals surface area contributed by atoms with Crippen molar-refractivity contribution in [2.75, 3.05) is 20.8 Å². The fourth-order valence-electron chi connectivity index (χ4n) is 2.49. The number of methoxy groups -OCH3 is 2. The molecule has 2 aromatic carbocycles. The molecule has 6 heteroatoms. The molecule has 0 amide bonds. The highest BCUT2D eigenvalue weighted by Crippen LogP contribution is 2.32. The van der Waals surface area contributed by atoms with Crippen molar-refractivity contribution in [2.24, 2.45) is 0 Å². The Morgan fingerprint density at radius 1 is 1.00 bits per heavy atom. The third kappa shape index (κ3) is 6.33. The number of carbonyl (C=O) groups is 2. The molecule has 0 saturated heterocycles. The lowest BCUT2D eigenvalue weighted by atomic mass is 10.2. The van der Waals surface area contributed by atoms with Crippen LogP contribution in [0.2, 0.25) is 0 Å². The number of unbranched alkanes of at least 4 members (excludes halogenated alkanes) is 1. The summed E-state index contributed by atoms with van der Waals surface area (Å²) in [6.07, 6.45) is 2.38. The predicted octanol–water partition coefficient (Wildman–Crippen LogP) is 3.81. The van der Waals surface area contributed by atoms with Crippen molar-refractivity contribution >= 4 is 12.3 Å². The SMILES string of the molecule is COc1cc(OCCCCC(=O)OCc2ccccc2)cc(OC)c1C=O. The van der Waals surface area contributed by atoms with E-state index in [2.05, 4.69) is 0 Å². The zero-order valence-corrected chi connectivity index (χ0v) is 15.6. The van der Waals surface area contributed by atoms with E-state index in [1.54, 1.807) is 12.1 Å². The van der Waals surface area contributed by atoms with E-state index in [4.69, 9.17) is 18.9 Å². The van der Waals surface area contributed by atoms with E-state index in [1.165, 1.54) is 14.2 Å². The molecule has 0 saturated carbocycles. The summed E-state index contributed by atoms with van der Waals surface area (Å²) in [5.74, 6) is 1.10. The number of carbonyl (C=O) groups excluding carboxylic acids is 2. The second kappa shape index (κ2) is 10.9. The molecule has 0 heterocycles. The summed E-state index contributed by atoms with van der Waals surface area (Å²) in [5, 5.41) is 0. The van der Waals surface area contributed by atoms with Gasteiger partial charge in [0.1, 0.15) is 23.9 Å². The van der Waals surface area contributed by atoms with Gasteiger partial charge in [0.05, 0.1) is 26.4 Å². The topological polar surface area (TPSA) is 71.1 Å². The van der Waals surface area contributed by atoms with E-state index in [0.29, 0.717) is 61.6 Å². The molecule has 2 aromatic rings. The Hall–Kier alpha value is -3.02. The van der Waals surface area contributed by atoms with Crippen molar-refractivity contribution in [3.8, 4) is 17.2 Å². The first-order valence-corrected chi connectivity index (χ1v) is 8.71. The summed E-state index contributed by atoms with van der Waals surface area (Å²) in [5.41, 5.74) is 1.31. The molecule has 0 aliphatic rings. The Labute approximate surface area is 159 Å². The van der Waals surface area contributed by atoms with Crippen LogP contribution < -0.4 is 14.2 Å². The summed E-state index contributed by atoms with van der Waals surface area (Å²) in [6, 6.07) is 12.8. The molecule has 0 aliphatic carbocycles. The molecule has 0 aliphatic heterocycles. The molecule has 0 unspecified atom stereocenters. The van der Waals surface area contributed by atoms with E-state index < -0.39 is 0 Å². The van der Waals surface area contributed by atoms with Crippen LogP contribution in [0, 0.1) is 0 Å². The minimum atomic E-state index is -0.225. The third-order valence-corrected chi connectivity index (χ3v) is 3.92. The fraction of sp³-hybridized carbons (Fsp3) is 0.333. The molecule has 0 bridgehead atoms. The first-order valence-electron chi connectivity index (χ1n) is 8.71. The van der Waals surface area contributed by atoms with Crippen molar-refractivity contribution in [1.82, 2.24) is 0 Å². The molecule has 144 valence electrons. The van der Waals surface area contributed by atoms with Crippen LogP contribution in [0.1, 0.15) is 35.2 Å². The van der Waals surface area contributed by atoms with Crippen LogP contribution in [0.3, 0.4) is 0 Å². The average Bonchev–Trinajstić information content (AvgIpc) is 2.71. The van der Waals surface area contributed by atoms with Crippen molar-refractivity contribution < 1.29 is 28.5 Å². The van der Waals surface area contributed by atoms with Crippen LogP contribution in [0.25, 0.3) is 0 Å². The molecule has 0 fully saturated rings. The smallest absolute Gasteiger partial charge is 0.306 e. The number of aldehydes is 1. The van der Waals surface area contributed by atoms with E-state index in [9.17, 15) is 9.59 Å². The second-order valence-electron chi connectivity index (χ2n) is 5.81. The van der Waals surface area contributed by atoms with E-state index >= 15 is 0 Å². The molecule has 0 aromatic heterocycles. The molecule has 0 radical (unpaired) electrons. The Morgan fingerprint density at radius 3 is 2.26 bits per heavy atom. The lowest BCUT2D eigenvalue weighted by molar-refractivity contribution is -0.145.